The normalized spacial score (nSPS) is 10.2. The first-order valence-electron chi connectivity index (χ1n) is 8.62. The predicted octanol–water partition coefficient (Wildman–Crippen LogP) is 3.91. The van der Waals surface area contributed by atoms with E-state index in [1.807, 2.05) is 0 Å². The number of anilines is 2. The van der Waals surface area contributed by atoms with Crippen LogP contribution in [0.15, 0.2) is 54.9 Å². The average molecular weight is 408 g/mol. The van der Waals surface area contributed by atoms with Crippen LogP contribution in [0.4, 0.5) is 17.2 Å². The monoisotopic (exact) mass is 408 g/mol. The molecule has 3 rings (SSSR count). The summed E-state index contributed by atoms with van der Waals surface area (Å²) in [7, 11) is 1.26. The van der Waals surface area contributed by atoms with Gasteiger partial charge >= 0.3 is 17.5 Å². The number of nitrogens with one attached hydrogen (secondary N) is 1. The smallest absolute Gasteiger partial charge is 0.373 e. The number of esters is 1. The lowest BCUT2D eigenvalue weighted by atomic mass is 10.1. The van der Waals surface area contributed by atoms with E-state index in [2.05, 4.69) is 20.0 Å². The van der Waals surface area contributed by atoms with Crippen LogP contribution in [0.2, 0.25) is 0 Å². The van der Waals surface area contributed by atoms with Gasteiger partial charge < -0.3 is 14.8 Å². The Bertz CT molecular complexity index is 1100. The van der Waals surface area contributed by atoms with E-state index in [-0.39, 0.29) is 23.2 Å². The number of hydrogen-bond donors (Lipinski definition) is 1. The van der Waals surface area contributed by atoms with Crippen molar-refractivity contribution in [1.29, 1.82) is 0 Å². The van der Waals surface area contributed by atoms with Crippen molar-refractivity contribution < 1.29 is 24.0 Å². The van der Waals surface area contributed by atoms with Crippen LogP contribution >= 0.6 is 0 Å². The topological polar surface area (TPSA) is 134 Å². The lowest BCUT2D eigenvalue weighted by Gasteiger charge is -2.10. The van der Waals surface area contributed by atoms with Crippen LogP contribution in [0.5, 0.6) is 11.6 Å². The third-order valence-electron chi connectivity index (χ3n) is 4.02. The van der Waals surface area contributed by atoms with Crippen LogP contribution in [0, 0.1) is 10.1 Å². The Labute approximate surface area is 170 Å². The van der Waals surface area contributed by atoms with Gasteiger partial charge in [0.15, 0.2) is 5.78 Å². The highest BCUT2D eigenvalue weighted by molar-refractivity contribution is 5.94. The summed E-state index contributed by atoms with van der Waals surface area (Å²) < 4.78 is 10.2. The van der Waals surface area contributed by atoms with E-state index in [0.29, 0.717) is 16.8 Å². The summed E-state index contributed by atoms with van der Waals surface area (Å²) in [5, 5.41) is 14.5. The lowest BCUT2D eigenvalue weighted by molar-refractivity contribution is -0.385. The Hall–Kier alpha value is -4.34. The molecule has 0 saturated carbocycles. The fourth-order valence-electron chi connectivity index (χ4n) is 2.51. The molecule has 1 heterocycles. The molecule has 0 atom stereocenters. The molecule has 0 amide bonds. The van der Waals surface area contributed by atoms with Gasteiger partial charge in [-0.15, -0.1) is 0 Å². The Morgan fingerprint density at radius 3 is 2.20 bits per heavy atom. The summed E-state index contributed by atoms with van der Waals surface area (Å²) in [6.07, 6.45) is 1.12. The van der Waals surface area contributed by atoms with Crippen molar-refractivity contribution in [2.24, 2.45) is 0 Å². The number of benzene rings is 2. The van der Waals surface area contributed by atoms with E-state index in [0.717, 1.165) is 6.33 Å². The maximum absolute atomic E-state index is 11.6. The van der Waals surface area contributed by atoms with Gasteiger partial charge in [0.2, 0.25) is 5.82 Å². The molecule has 0 aliphatic heterocycles. The van der Waals surface area contributed by atoms with Crippen molar-refractivity contribution in [2.45, 2.75) is 6.92 Å². The molecule has 0 spiro atoms. The molecule has 0 bridgehead atoms. The van der Waals surface area contributed by atoms with Gasteiger partial charge in [0.25, 0.3) is 0 Å². The van der Waals surface area contributed by atoms with Gasteiger partial charge in [0, 0.05) is 11.3 Å². The molecular weight excluding hydrogens is 392 g/mol. The quantitative estimate of drug-likeness (QED) is 0.267. The molecule has 10 heteroatoms. The van der Waals surface area contributed by atoms with Crippen molar-refractivity contribution in [1.82, 2.24) is 9.97 Å². The minimum absolute atomic E-state index is 0.0771. The molecular formula is C20H16N4O6. The Balaban J connectivity index is 1.88. The van der Waals surface area contributed by atoms with Crippen molar-refractivity contribution >= 4 is 28.9 Å². The van der Waals surface area contributed by atoms with E-state index >= 15 is 0 Å². The predicted molar refractivity (Wildman–Crippen MR) is 106 cm³/mol. The second-order valence-corrected chi connectivity index (χ2v) is 6.01. The molecule has 1 N–H and O–H groups in total. The number of hydrogen-bond acceptors (Lipinski definition) is 9. The van der Waals surface area contributed by atoms with Gasteiger partial charge in [-0.05, 0) is 55.5 Å². The number of ether oxygens (including phenoxy) is 2. The molecule has 0 aliphatic carbocycles. The van der Waals surface area contributed by atoms with E-state index in [4.69, 9.17) is 4.74 Å². The molecule has 0 aliphatic rings. The number of carbonyl (C=O) groups excluding carboxylic acids is 2. The van der Waals surface area contributed by atoms with Gasteiger partial charge in [-0.2, -0.15) is 4.98 Å². The highest BCUT2D eigenvalue weighted by Crippen LogP contribution is 2.35. The minimum Gasteiger partial charge on any atom is -0.465 e. The first-order valence-corrected chi connectivity index (χ1v) is 8.62. The van der Waals surface area contributed by atoms with Crippen molar-refractivity contribution in [3.05, 3.63) is 76.1 Å². The molecule has 0 saturated heterocycles. The Morgan fingerprint density at radius 1 is 1.00 bits per heavy atom. The van der Waals surface area contributed by atoms with Crippen LogP contribution in [0.25, 0.3) is 0 Å². The number of aromatic nitrogens is 2. The van der Waals surface area contributed by atoms with Crippen molar-refractivity contribution in [3.63, 3.8) is 0 Å². The first kappa shape index (κ1) is 20.4. The third kappa shape index (κ3) is 4.55. The second kappa shape index (κ2) is 8.78. The highest BCUT2D eigenvalue weighted by atomic mass is 16.6. The molecule has 1 aromatic heterocycles. The standard InChI is InChI=1S/C20H16N4O6/c1-12(25)13-3-7-15(8-4-13)23-18-17(24(27)28)19(22-11-21-18)30-16-9-5-14(6-10-16)20(26)29-2/h3-11H,1-2H3,(H,21,22,23). The van der Waals surface area contributed by atoms with Crippen LogP contribution in [0.1, 0.15) is 27.6 Å². The number of nitrogens with zero attached hydrogens (tertiary/aromatic N) is 3. The van der Waals surface area contributed by atoms with E-state index in [1.54, 1.807) is 24.3 Å². The molecule has 152 valence electrons. The van der Waals surface area contributed by atoms with Gasteiger partial charge in [-0.3, -0.25) is 14.9 Å². The van der Waals surface area contributed by atoms with Gasteiger partial charge in [0.05, 0.1) is 17.6 Å². The number of carbonyl (C=O) groups is 2. The summed E-state index contributed by atoms with van der Waals surface area (Å²) >= 11 is 0. The maximum Gasteiger partial charge on any atom is 0.373 e. The molecule has 10 nitrogen and oxygen atoms in total. The second-order valence-electron chi connectivity index (χ2n) is 6.01. The molecule has 2 aromatic carbocycles. The zero-order valence-corrected chi connectivity index (χ0v) is 16.0. The van der Waals surface area contributed by atoms with Gasteiger partial charge in [-0.1, -0.05) is 0 Å². The molecule has 0 fully saturated rings. The number of Topliss-reactive ketones (excluding diaryl/α,β-unsaturated/α-hetero) is 1. The van der Waals surface area contributed by atoms with E-state index in [1.165, 1.54) is 38.3 Å². The van der Waals surface area contributed by atoms with E-state index < -0.39 is 16.6 Å². The van der Waals surface area contributed by atoms with Gasteiger partial charge in [-0.25, -0.2) is 9.78 Å². The summed E-state index contributed by atoms with van der Waals surface area (Å²) in [4.78, 5) is 41.7. The highest BCUT2D eigenvalue weighted by Gasteiger charge is 2.25. The lowest BCUT2D eigenvalue weighted by Crippen LogP contribution is -2.04. The fraction of sp³-hybridized carbons (Fsp3) is 0.100. The van der Waals surface area contributed by atoms with Crippen LogP contribution in [0.3, 0.4) is 0 Å². The van der Waals surface area contributed by atoms with Crippen LogP contribution in [-0.2, 0) is 4.74 Å². The summed E-state index contributed by atoms with van der Waals surface area (Å²) in [5.41, 5.74) is 0.843. The zero-order chi connectivity index (χ0) is 21.7. The molecule has 0 radical (unpaired) electrons. The number of rotatable bonds is 7. The maximum atomic E-state index is 11.6. The van der Waals surface area contributed by atoms with E-state index in [9.17, 15) is 19.7 Å². The first-order chi connectivity index (χ1) is 14.4. The average Bonchev–Trinajstić information content (AvgIpc) is 2.74. The number of ketones is 1. The molecule has 3 aromatic rings. The Morgan fingerprint density at radius 2 is 1.63 bits per heavy atom. The summed E-state index contributed by atoms with van der Waals surface area (Å²) in [6.45, 7) is 1.44. The fourth-order valence-corrected chi connectivity index (χ4v) is 2.51. The molecule has 30 heavy (non-hydrogen) atoms. The SMILES string of the molecule is COC(=O)c1ccc(Oc2ncnc(Nc3ccc(C(C)=O)cc3)c2[N+](=O)[O-])cc1. The van der Waals surface area contributed by atoms with Gasteiger partial charge in [0.1, 0.15) is 12.1 Å². The summed E-state index contributed by atoms with van der Waals surface area (Å²) in [5.74, 6) is -0.725. The largest absolute Gasteiger partial charge is 0.465 e. The Kier molecular flexibility index (Phi) is 5.97. The molecule has 0 unspecified atom stereocenters. The minimum atomic E-state index is -0.662. The summed E-state index contributed by atoms with van der Waals surface area (Å²) in [6, 6.07) is 12.3. The van der Waals surface area contributed by atoms with Crippen molar-refractivity contribution in [2.75, 3.05) is 12.4 Å². The third-order valence-corrected chi connectivity index (χ3v) is 4.02. The number of methoxy groups -OCH3 is 1. The number of nitro groups is 1. The van der Waals surface area contributed by atoms with Crippen LogP contribution < -0.4 is 10.1 Å². The zero-order valence-electron chi connectivity index (χ0n) is 16.0. The van der Waals surface area contributed by atoms with Crippen molar-refractivity contribution in [3.8, 4) is 11.6 Å². The van der Waals surface area contributed by atoms with Crippen LogP contribution in [-0.4, -0.2) is 33.8 Å².